The highest BCUT2D eigenvalue weighted by atomic mass is 19.1. The van der Waals surface area contributed by atoms with Crippen LogP contribution in [0.1, 0.15) is 24.8 Å². The number of rotatable bonds is 5. The molecule has 1 aromatic rings. The van der Waals surface area contributed by atoms with Crippen LogP contribution in [0.5, 0.6) is 0 Å². The molecule has 0 bridgehead atoms. The van der Waals surface area contributed by atoms with E-state index >= 15 is 0 Å². The maximum absolute atomic E-state index is 13.5. The predicted molar refractivity (Wildman–Crippen MR) is 93.1 cm³/mol. The second kappa shape index (κ2) is 7.72. The molecule has 1 amide bonds. The number of likely N-dealkylation sites (tertiary alicyclic amines) is 2. The van der Waals surface area contributed by atoms with Gasteiger partial charge in [0.15, 0.2) is 0 Å². The molecule has 2 saturated heterocycles. The van der Waals surface area contributed by atoms with Crippen molar-refractivity contribution in [3.05, 3.63) is 35.6 Å². The standard InChI is InChI=1S/C19H25FN2O4/c20-15-5-3-4-14(10-15)11-19(18(25)26)13-22(9-6-16(19)23)17(24)12-21-7-1-2-8-21/h3-5,10,16,23H,1-2,6-9,11-13H2,(H,25,26)/t16-,19+/m0/s1. The van der Waals surface area contributed by atoms with Crippen LogP contribution in [0.25, 0.3) is 0 Å². The second-order valence-electron chi connectivity index (χ2n) is 7.37. The van der Waals surface area contributed by atoms with Crippen molar-refractivity contribution < 1.29 is 24.2 Å². The Kier molecular flexibility index (Phi) is 5.58. The molecule has 2 N–H and O–H groups in total. The number of carbonyl (C=O) groups excluding carboxylic acids is 1. The minimum absolute atomic E-state index is 0.0191. The molecule has 7 heteroatoms. The topological polar surface area (TPSA) is 81.1 Å². The van der Waals surface area contributed by atoms with Crippen molar-refractivity contribution in [2.24, 2.45) is 5.41 Å². The fraction of sp³-hybridized carbons (Fsp3) is 0.579. The molecule has 1 aromatic carbocycles. The van der Waals surface area contributed by atoms with Crippen LogP contribution in [0, 0.1) is 11.2 Å². The van der Waals surface area contributed by atoms with E-state index in [0.29, 0.717) is 12.1 Å². The van der Waals surface area contributed by atoms with Gasteiger partial charge >= 0.3 is 5.97 Å². The van der Waals surface area contributed by atoms with Crippen LogP contribution in [0.2, 0.25) is 0 Å². The van der Waals surface area contributed by atoms with E-state index in [1.165, 1.54) is 18.2 Å². The summed E-state index contributed by atoms with van der Waals surface area (Å²) in [5, 5.41) is 20.4. The molecule has 6 nitrogen and oxygen atoms in total. The highest BCUT2D eigenvalue weighted by molar-refractivity contribution is 5.81. The van der Waals surface area contributed by atoms with Gasteiger partial charge in [-0.25, -0.2) is 4.39 Å². The Morgan fingerprint density at radius 1 is 1.23 bits per heavy atom. The summed E-state index contributed by atoms with van der Waals surface area (Å²) in [5.74, 6) is -1.72. The van der Waals surface area contributed by atoms with Gasteiger partial charge in [-0.15, -0.1) is 0 Å². The van der Waals surface area contributed by atoms with Crippen molar-refractivity contribution in [2.45, 2.75) is 31.8 Å². The Morgan fingerprint density at radius 3 is 2.62 bits per heavy atom. The molecule has 142 valence electrons. The Morgan fingerprint density at radius 2 is 1.96 bits per heavy atom. The Bertz CT molecular complexity index is 677. The van der Waals surface area contributed by atoms with Gasteiger partial charge in [-0.2, -0.15) is 0 Å². The lowest BCUT2D eigenvalue weighted by Gasteiger charge is -2.43. The summed E-state index contributed by atoms with van der Waals surface area (Å²) in [6.07, 6.45) is 1.25. The van der Waals surface area contributed by atoms with E-state index in [2.05, 4.69) is 4.90 Å². The van der Waals surface area contributed by atoms with E-state index in [9.17, 15) is 24.2 Å². The number of halogens is 1. The molecular weight excluding hydrogens is 339 g/mol. The van der Waals surface area contributed by atoms with Gasteiger partial charge in [0.05, 0.1) is 12.6 Å². The molecule has 2 heterocycles. The number of nitrogens with zero attached hydrogens (tertiary/aromatic N) is 2. The smallest absolute Gasteiger partial charge is 0.314 e. The molecule has 2 atom stereocenters. The van der Waals surface area contributed by atoms with E-state index in [1.54, 1.807) is 11.0 Å². The van der Waals surface area contributed by atoms with Crippen LogP contribution in [0.15, 0.2) is 24.3 Å². The van der Waals surface area contributed by atoms with E-state index < -0.39 is 23.3 Å². The fourth-order valence-electron chi connectivity index (χ4n) is 3.99. The molecule has 0 unspecified atom stereocenters. The summed E-state index contributed by atoms with van der Waals surface area (Å²) < 4.78 is 13.5. The highest BCUT2D eigenvalue weighted by Crippen LogP contribution is 2.35. The molecule has 3 rings (SSSR count). The van der Waals surface area contributed by atoms with Gasteiger partial charge in [-0.05, 0) is 56.5 Å². The summed E-state index contributed by atoms with van der Waals surface area (Å²) >= 11 is 0. The number of hydrogen-bond donors (Lipinski definition) is 2. The summed E-state index contributed by atoms with van der Waals surface area (Å²) in [4.78, 5) is 28.3. The molecule has 0 spiro atoms. The average molecular weight is 364 g/mol. The third-order valence-corrected chi connectivity index (χ3v) is 5.53. The summed E-state index contributed by atoms with van der Waals surface area (Å²) in [5.41, 5.74) is -1.02. The Balaban J connectivity index is 1.78. The van der Waals surface area contributed by atoms with Gasteiger partial charge in [0.25, 0.3) is 0 Å². The molecule has 0 aromatic heterocycles. The van der Waals surface area contributed by atoms with E-state index in [4.69, 9.17) is 0 Å². The molecule has 2 aliphatic heterocycles. The normalized spacial score (nSPS) is 26.8. The summed E-state index contributed by atoms with van der Waals surface area (Å²) in [6, 6.07) is 5.74. The van der Waals surface area contributed by atoms with Gasteiger partial charge < -0.3 is 15.1 Å². The summed E-state index contributed by atoms with van der Waals surface area (Å²) in [7, 11) is 0. The van der Waals surface area contributed by atoms with Crippen LogP contribution >= 0.6 is 0 Å². The van der Waals surface area contributed by atoms with Crippen molar-refractivity contribution in [2.75, 3.05) is 32.7 Å². The van der Waals surface area contributed by atoms with E-state index in [1.807, 2.05) is 0 Å². The number of aliphatic hydroxyl groups is 1. The lowest BCUT2D eigenvalue weighted by atomic mass is 9.72. The number of carboxylic acids is 1. The zero-order valence-electron chi connectivity index (χ0n) is 14.7. The first-order valence-corrected chi connectivity index (χ1v) is 9.07. The van der Waals surface area contributed by atoms with Gasteiger partial charge in [0.1, 0.15) is 11.2 Å². The third-order valence-electron chi connectivity index (χ3n) is 5.53. The maximum atomic E-state index is 13.5. The quantitative estimate of drug-likeness (QED) is 0.819. The van der Waals surface area contributed by atoms with Crippen LogP contribution in [-0.2, 0) is 16.0 Å². The molecule has 0 saturated carbocycles. The maximum Gasteiger partial charge on any atom is 0.314 e. The lowest BCUT2D eigenvalue weighted by molar-refractivity contribution is -0.166. The van der Waals surface area contributed by atoms with E-state index in [-0.39, 0.29) is 31.8 Å². The SMILES string of the molecule is O=C(CN1CCCC1)N1CC[C@H](O)[C@](Cc2cccc(F)c2)(C(=O)O)C1. The average Bonchev–Trinajstić information content (AvgIpc) is 3.09. The van der Waals surface area contributed by atoms with Gasteiger partial charge in [0, 0.05) is 13.1 Å². The number of carbonyl (C=O) groups is 2. The largest absolute Gasteiger partial charge is 0.481 e. The third kappa shape index (κ3) is 3.88. The highest BCUT2D eigenvalue weighted by Gasteiger charge is 2.50. The van der Waals surface area contributed by atoms with Crippen molar-refractivity contribution in [1.82, 2.24) is 9.80 Å². The molecule has 0 radical (unpaired) electrons. The van der Waals surface area contributed by atoms with Crippen molar-refractivity contribution >= 4 is 11.9 Å². The zero-order valence-corrected chi connectivity index (χ0v) is 14.7. The van der Waals surface area contributed by atoms with Crippen LogP contribution in [0.3, 0.4) is 0 Å². The number of benzene rings is 1. The van der Waals surface area contributed by atoms with Crippen LogP contribution in [0.4, 0.5) is 4.39 Å². The number of hydrogen-bond acceptors (Lipinski definition) is 4. The first-order chi connectivity index (χ1) is 12.4. The van der Waals surface area contributed by atoms with Crippen LogP contribution < -0.4 is 0 Å². The van der Waals surface area contributed by atoms with Gasteiger partial charge in [-0.1, -0.05) is 12.1 Å². The zero-order chi connectivity index (χ0) is 18.7. The molecule has 26 heavy (non-hydrogen) atoms. The first kappa shape index (κ1) is 18.8. The monoisotopic (exact) mass is 364 g/mol. The number of aliphatic carboxylic acids is 1. The first-order valence-electron chi connectivity index (χ1n) is 9.07. The van der Waals surface area contributed by atoms with Crippen molar-refractivity contribution in [3.8, 4) is 0 Å². The van der Waals surface area contributed by atoms with Gasteiger partial charge in [0.2, 0.25) is 5.91 Å². The van der Waals surface area contributed by atoms with Crippen LogP contribution in [-0.4, -0.2) is 70.7 Å². The molecule has 2 fully saturated rings. The second-order valence-corrected chi connectivity index (χ2v) is 7.37. The van der Waals surface area contributed by atoms with Crippen molar-refractivity contribution in [1.29, 1.82) is 0 Å². The Hall–Kier alpha value is -1.99. The number of carboxylic acid groups (broad SMARTS) is 1. The summed E-state index contributed by atoms with van der Waals surface area (Å²) in [6.45, 7) is 2.33. The minimum Gasteiger partial charge on any atom is -0.481 e. The fourth-order valence-corrected chi connectivity index (χ4v) is 3.99. The lowest BCUT2D eigenvalue weighted by Crippen LogP contribution is -2.59. The predicted octanol–water partition coefficient (Wildman–Crippen LogP) is 1.13. The number of piperidine rings is 1. The Labute approximate surface area is 152 Å². The van der Waals surface area contributed by atoms with Crippen molar-refractivity contribution in [3.63, 3.8) is 0 Å². The minimum atomic E-state index is -1.52. The molecule has 0 aliphatic carbocycles. The molecular formula is C19H25FN2O4. The molecule has 2 aliphatic rings. The number of aliphatic hydroxyl groups excluding tert-OH is 1. The number of amides is 1. The van der Waals surface area contributed by atoms with E-state index in [0.717, 1.165) is 25.9 Å². The van der Waals surface area contributed by atoms with Gasteiger partial charge in [-0.3, -0.25) is 14.5 Å².